The van der Waals surface area contributed by atoms with E-state index >= 15 is 0 Å². The molecule has 0 atom stereocenters. The highest BCUT2D eigenvalue weighted by atomic mass is 32.1. The van der Waals surface area contributed by atoms with E-state index in [9.17, 15) is 8.78 Å². The van der Waals surface area contributed by atoms with Gasteiger partial charge in [0.15, 0.2) is 0 Å². The third-order valence-corrected chi connectivity index (χ3v) is 6.52. The summed E-state index contributed by atoms with van der Waals surface area (Å²) in [6.45, 7) is 2.79. The molecule has 11 heteroatoms. The highest BCUT2D eigenvalue weighted by Gasteiger charge is 2.18. The van der Waals surface area contributed by atoms with Crippen molar-refractivity contribution >= 4 is 39.1 Å². The first-order valence-electron chi connectivity index (χ1n) is 10.8. The first-order valence-corrected chi connectivity index (χ1v) is 11.6. The SMILES string of the molecule is Cc1cc(Nc2cc3nc(-c4cccc(OC(F)F)c4)sc3cn2)nc(N2CCN(C)CC2)n1. The van der Waals surface area contributed by atoms with Gasteiger partial charge in [-0.2, -0.15) is 13.8 Å². The monoisotopic (exact) mass is 483 g/mol. The van der Waals surface area contributed by atoms with E-state index < -0.39 is 6.61 Å². The second kappa shape index (κ2) is 9.43. The minimum absolute atomic E-state index is 0.0996. The Labute approximate surface area is 199 Å². The Hall–Kier alpha value is -3.44. The summed E-state index contributed by atoms with van der Waals surface area (Å²) in [7, 11) is 2.11. The Balaban J connectivity index is 1.37. The largest absolute Gasteiger partial charge is 0.435 e. The second-order valence-electron chi connectivity index (χ2n) is 8.07. The van der Waals surface area contributed by atoms with Gasteiger partial charge in [-0.25, -0.2) is 15.0 Å². The molecule has 1 aliphatic heterocycles. The number of fused-ring (bicyclic) bond motifs is 1. The molecule has 1 aliphatic rings. The smallest absolute Gasteiger partial charge is 0.387 e. The lowest BCUT2D eigenvalue weighted by Gasteiger charge is -2.32. The summed E-state index contributed by atoms with van der Waals surface area (Å²) < 4.78 is 30.5. The van der Waals surface area contributed by atoms with Crippen molar-refractivity contribution in [3.63, 3.8) is 0 Å². The number of nitrogens with one attached hydrogen (secondary N) is 1. The molecule has 5 rings (SSSR count). The molecule has 4 aromatic rings. The molecule has 1 fully saturated rings. The summed E-state index contributed by atoms with van der Waals surface area (Å²) in [5.41, 5.74) is 2.33. The fourth-order valence-electron chi connectivity index (χ4n) is 3.73. The Morgan fingerprint density at radius 1 is 1.03 bits per heavy atom. The number of piperazine rings is 1. The predicted molar refractivity (Wildman–Crippen MR) is 129 cm³/mol. The van der Waals surface area contributed by atoms with Crippen molar-refractivity contribution in [2.24, 2.45) is 0 Å². The average molecular weight is 484 g/mol. The van der Waals surface area contributed by atoms with E-state index in [0.717, 1.165) is 42.1 Å². The summed E-state index contributed by atoms with van der Waals surface area (Å²) in [4.78, 5) is 22.9. The fraction of sp³-hybridized carbons (Fsp3) is 0.304. The van der Waals surface area contributed by atoms with Crippen LogP contribution in [0.5, 0.6) is 5.75 Å². The van der Waals surface area contributed by atoms with Gasteiger partial charge in [0.25, 0.3) is 0 Å². The van der Waals surface area contributed by atoms with E-state index in [1.165, 1.54) is 17.4 Å². The third kappa shape index (κ3) is 5.05. The standard InChI is InChI=1S/C23H23F2N7OS/c1-14-10-20(30-23(27-14)32-8-6-31(2)7-9-32)29-19-12-17-18(13-26-19)34-21(28-17)15-4-3-5-16(11-15)33-22(24)25/h3-5,10-13,22H,6-9H2,1-2H3,(H,26,27,29,30). The quantitative estimate of drug-likeness (QED) is 0.428. The molecular weight excluding hydrogens is 460 g/mol. The van der Waals surface area contributed by atoms with Crippen LogP contribution in [0.4, 0.5) is 26.4 Å². The number of aromatic nitrogens is 4. The number of thiazole rings is 1. The van der Waals surface area contributed by atoms with Crippen molar-refractivity contribution in [2.45, 2.75) is 13.5 Å². The number of hydrogen-bond acceptors (Lipinski definition) is 9. The molecule has 0 amide bonds. The maximum Gasteiger partial charge on any atom is 0.387 e. The Morgan fingerprint density at radius 2 is 1.85 bits per heavy atom. The molecule has 4 heterocycles. The van der Waals surface area contributed by atoms with Crippen LogP contribution in [-0.2, 0) is 0 Å². The van der Waals surface area contributed by atoms with E-state index in [0.29, 0.717) is 28.2 Å². The number of aryl methyl sites for hydroxylation is 1. The van der Waals surface area contributed by atoms with Crippen LogP contribution < -0.4 is 15.0 Å². The number of likely N-dealkylation sites (N-methyl/N-ethyl adjacent to an activating group) is 1. The minimum Gasteiger partial charge on any atom is -0.435 e. The molecule has 0 radical (unpaired) electrons. The van der Waals surface area contributed by atoms with Crippen LogP contribution in [0.1, 0.15) is 5.69 Å². The lowest BCUT2D eigenvalue weighted by molar-refractivity contribution is -0.0498. The van der Waals surface area contributed by atoms with Crippen LogP contribution in [0, 0.1) is 6.92 Å². The molecule has 0 spiro atoms. The van der Waals surface area contributed by atoms with Crippen LogP contribution in [0.25, 0.3) is 20.8 Å². The first kappa shape index (κ1) is 22.4. The Bertz CT molecular complexity index is 1310. The lowest BCUT2D eigenvalue weighted by Crippen LogP contribution is -2.45. The van der Waals surface area contributed by atoms with Gasteiger partial charge in [-0.3, -0.25) is 0 Å². The molecule has 0 aliphatic carbocycles. The van der Waals surface area contributed by atoms with Gasteiger partial charge in [0.2, 0.25) is 5.95 Å². The van der Waals surface area contributed by atoms with Gasteiger partial charge in [-0.05, 0) is 26.1 Å². The van der Waals surface area contributed by atoms with Gasteiger partial charge in [0.05, 0.1) is 10.2 Å². The van der Waals surface area contributed by atoms with Crippen molar-refractivity contribution in [2.75, 3.05) is 43.4 Å². The van der Waals surface area contributed by atoms with Crippen LogP contribution in [0.15, 0.2) is 42.6 Å². The number of alkyl halides is 2. The summed E-state index contributed by atoms with van der Waals surface area (Å²) >= 11 is 1.44. The molecule has 0 bridgehead atoms. The molecule has 1 saturated heterocycles. The number of anilines is 3. The number of rotatable bonds is 6. The number of benzene rings is 1. The predicted octanol–water partition coefficient (Wildman–Crippen LogP) is 4.55. The van der Waals surface area contributed by atoms with Gasteiger partial charge in [0, 0.05) is 55.8 Å². The molecule has 0 saturated carbocycles. The van der Waals surface area contributed by atoms with Crippen molar-refractivity contribution in [1.82, 2.24) is 24.8 Å². The molecule has 8 nitrogen and oxygen atoms in total. The van der Waals surface area contributed by atoms with Crippen LogP contribution >= 0.6 is 11.3 Å². The first-order chi connectivity index (χ1) is 16.4. The highest BCUT2D eigenvalue weighted by molar-refractivity contribution is 7.21. The number of nitrogens with zero attached hydrogens (tertiary/aromatic N) is 6. The van der Waals surface area contributed by atoms with Gasteiger partial charge >= 0.3 is 6.61 Å². The van der Waals surface area contributed by atoms with Crippen molar-refractivity contribution in [1.29, 1.82) is 0 Å². The highest BCUT2D eigenvalue weighted by Crippen LogP contribution is 2.33. The van der Waals surface area contributed by atoms with Crippen molar-refractivity contribution in [3.8, 4) is 16.3 Å². The molecule has 0 unspecified atom stereocenters. The summed E-state index contributed by atoms with van der Waals surface area (Å²) in [5.74, 6) is 2.09. The maximum absolute atomic E-state index is 12.6. The maximum atomic E-state index is 12.6. The molecule has 176 valence electrons. The fourth-order valence-corrected chi connectivity index (χ4v) is 4.64. The molecule has 3 aromatic heterocycles. The van der Waals surface area contributed by atoms with Gasteiger partial charge in [-0.15, -0.1) is 11.3 Å². The number of ether oxygens (including phenoxy) is 1. The molecule has 1 N–H and O–H groups in total. The molecular formula is C23H23F2N7OS. The van der Waals surface area contributed by atoms with Gasteiger partial charge in [0.1, 0.15) is 22.4 Å². The van der Waals surface area contributed by atoms with Crippen molar-refractivity contribution < 1.29 is 13.5 Å². The van der Waals surface area contributed by atoms with E-state index in [4.69, 9.17) is 4.98 Å². The number of pyridine rings is 1. The van der Waals surface area contributed by atoms with Crippen LogP contribution in [-0.4, -0.2) is 64.7 Å². The van der Waals surface area contributed by atoms with Gasteiger partial charge in [-0.1, -0.05) is 12.1 Å². The molecule has 1 aromatic carbocycles. The van der Waals surface area contributed by atoms with E-state index in [1.807, 2.05) is 25.1 Å². The zero-order valence-corrected chi connectivity index (χ0v) is 19.5. The summed E-state index contributed by atoms with van der Waals surface area (Å²) in [5, 5.41) is 3.96. The lowest BCUT2D eigenvalue weighted by atomic mass is 10.2. The Kier molecular flexibility index (Phi) is 6.20. The van der Waals surface area contributed by atoms with Crippen LogP contribution in [0.2, 0.25) is 0 Å². The van der Waals surface area contributed by atoms with E-state index in [1.54, 1.807) is 18.3 Å². The normalized spacial score (nSPS) is 14.7. The van der Waals surface area contributed by atoms with Crippen molar-refractivity contribution in [3.05, 3.63) is 48.3 Å². The van der Waals surface area contributed by atoms with E-state index in [2.05, 4.69) is 41.9 Å². The minimum atomic E-state index is -2.87. The Morgan fingerprint density at radius 3 is 2.65 bits per heavy atom. The molecule has 34 heavy (non-hydrogen) atoms. The zero-order chi connectivity index (χ0) is 23.7. The topological polar surface area (TPSA) is 79.3 Å². The number of hydrogen-bond donors (Lipinski definition) is 1. The van der Waals surface area contributed by atoms with Gasteiger partial charge < -0.3 is 19.9 Å². The zero-order valence-electron chi connectivity index (χ0n) is 18.7. The summed E-state index contributed by atoms with van der Waals surface area (Å²) in [6.07, 6.45) is 1.74. The number of halogens is 2. The summed E-state index contributed by atoms with van der Waals surface area (Å²) in [6, 6.07) is 10.3. The second-order valence-corrected chi connectivity index (χ2v) is 9.10. The third-order valence-electron chi connectivity index (χ3n) is 5.47. The van der Waals surface area contributed by atoms with E-state index in [-0.39, 0.29) is 5.75 Å². The van der Waals surface area contributed by atoms with Crippen LogP contribution in [0.3, 0.4) is 0 Å². The average Bonchev–Trinajstić information content (AvgIpc) is 3.22.